The van der Waals surface area contributed by atoms with Crippen LogP contribution in [0.3, 0.4) is 0 Å². The van der Waals surface area contributed by atoms with Crippen LogP contribution in [0.5, 0.6) is 0 Å². The molecule has 0 aromatic carbocycles. The van der Waals surface area contributed by atoms with Crippen molar-refractivity contribution < 1.29 is 32.6 Å². The van der Waals surface area contributed by atoms with Gasteiger partial charge in [0.25, 0.3) is 0 Å². The molecule has 13 heteroatoms. The zero-order valence-electron chi connectivity index (χ0n) is 29.0. The number of halogens is 1. The molecule has 4 N–H and O–H groups in total. The first-order valence-corrected chi connectivity index (χ1v) is 18.6. The molecule has 1 saturated heterocycles. The predicted octanol–water partition coefficient (Wildman–Crippen LogP) is 6.65. The Morgan fingerprint density at radius 2 is 1.61 bits per heavy atom. The van der Waals surface area contributed by atoms with Crippen molar-refractivity contribution in [2.75, 3.05) is 32.2 Å². The van der Waals surface area contributed by atoms with Gasteiger partial charge in [-0.3, -0.25) is 13.9 Å². The number of aromatic nitrogens is 2. The van der Waals surface area contributed by atoms with Crippen molar-refractivity contribution in [2.45, 2.75) is 95.7 Å². The Morgan fingerprint density at radius 1 is 1.06 bits per heavy atom. The molecule has 0 bridgehead atoms. The Bertz CT molecular complexity index is 1420. The van der Waals surface area contributed by atoms with Gasteiger partial charge in [-0.15, -0.1) is 0 Å². The van der Waals surface area contributed by atoms with Crippen LogP contribution in [-0.4, -0.2) is 64.9 Å². The minimum absolute atomic E-state index is 0.0165. The number of nitrogens with two attached hydrogens (primary N) is 1. The van der Waals surface area contributed by atoms with Gasteiger partial charge >= 0.3 is 13.3 Å². The van der Waals surface area contributed by atoms with Crippen LogP contribution in [0.25, 0.3) is 0 Å². The van der Waals surface area contributed by atoms with Crippen LogP contribution in [0.15, 0.2) is 90.0 Å². The fraction of sp³-hybridized carbons (Fsp3) is 0.528. The summed E-state index contributed by atoms with van der Waals surface area (Å²) >= 11 is 0. The Hall–Kier alpha value is -3.41. The van der Waals surface area contributed by atoms with Crippen molar-refractivity contribution in [1.82, 2.24) is 14.9 Å². The predicted molar refractivity (Wildman–Crippen MR) is 193 cm³/mol. The quantitative estimate of drug-likeness (QED) is 0.0645. The van der Waals surface area contributed by atoms with Gasteiger partial charge in [0.1, 0.15) is 18.0 Å². The summed E-state index contributed by atoms with van der Waals surface area (Å²) in [4.78, 5) is 27.9. The molecule has 1 amide bonds. The van der Waals surface area contributed by atoms with Gasteiger partial charge in [-0.25, -0.2) is 9.18 Å². The number of ether oxygens (including phenoxy) is 1. The third-order valence-electron chi connectivity index (χ3n) is 7.60. The molecule has 0 aliphatic carbocycles. The maximum Gasteiger partial charge on any atom is 0.351 e. The third-order valence-corrected chi connectivity index (χ3v) is 9.56. The number of amides is 1. The number of hydrogen-bond donors (Lipinski definition) is 3. The van der Waals surface area contributed by atoms with Crippen LogP contribution in [0, 0.1) is 0 Å². The lowest BCUT2D eigenvalue weighted by Crippen LogP contribution is -2.43. The summed E-state index contributed by atoms with van der Waals surface area (Å²) < 4.78 is 45.5. The van der Waals surface area contributed by atoms with E-state index < -0.39 is 44.0 Å². The summed E-state index contributed by atoms with van der Waals surface area (Å²) in [6.45, 7) is 3.04. The number of aliphatic hydroxyl groups is 1. The molecule has 1 aromatic heterocycles. The van der Waals surface area contributed by atoms with E-state index in [-0.39, 0.29) is 24.4 Å². The van der Waals surface area contributed by atoms with Gasteiger partial charge in [-0.1, -0.05) is 79.8 Å². The van der Waals surface area contributed by atoms with Gasteiger partial charge in [0.15, 0.2) is 11.9 Å². The van der Waals surface area contributed by atoms with Crippen molar-refractivity contribution in [1.29, 1.82) is 0 Å². The summed E-state index contributed by atoms with van der Waals surface area (Å²) in [6, 6.07) is 1.31. The summed E-state index contributed by atoms with van der Waals surface area (Å²) in [6.07, 6.45) is 29.3. The summed E-state index contributed by atoms with van der Waals surface area (Å²) in [5.41, 5.74) is 2.28. The van der Waals surface area contributed by atoms with E-state index in [1.807, 2.05) is 12.2 Å². The van der Waals surface area contributed by atoms with Crippen molar-refractivity contribution in [2.24, 2.45) is 0 Å². The number of aliphatic hydroxyl groups excluding tert-OH is 1. The highest BCUT2D eigenvalue weighted by Gasteiger charge is 2.55. The SMILES string of the molecule is CC/C=C\C/C=C\C/C=C\C/C=C\C/C=C\C/C=C\CCC(=O)NCCCP(=O)(OC)OC[C@H]1O[C@@H](n2ccc(N)nc2=O)[C@](C)(F)[C@@H]1O. The zero-order valence-corrected chi connectivity index (χ0v) is 29.9. The highest BCUT2D eigenvalue weighted by atomic mass is 31.2. The maximum atomic E-state index is 15.4. The Balaban J connectivity index is 1.58. The van der Waals surface area contributed by atoms with E-state index in [0.717, 1.165) is 50.0 Å². The average molecular weight is 705 g/mol. The largest absolute Gasteiger partial charge is 0.387 e. The zero-order chi connectivity index (χ0) is 36.0. The molecule has 5 atom stereocenters. The van der Waals surface area contributed by atoms with E-state index in [1.165, 1.54) is 19.4 Å². The number of alkyl halides is 1. The van der Waals surface area contributed by atoms with Gasteiger partial charge in [0.2, 0.25) is 5.91 Å². The smallest absolute Gasteiger partial charge is 0.351 e. The van der Waals surface area contributed by atoms with Crippen molar-refractivity contribution >= 4 is 19.3 Å². The number of carbonyl (C=O) groups is 1. The van der Waals surface area contributed by atoms with Crippen LogP contribution in [0.2, 0.25) is 0 Å². The van der Waals surface area contributed by atoms with Gasteiger partial charge < -0.3 is 29.9 Å². The lowest BCUT2D eigenvalue weighted by atomic mass is 9.98. The molecule has 1 aliphatic rings. The molecule has 49 heavy (non-hydrogen) atoms. The van der Waals surface area contributed by atoms with Crippen LogP contribution < -0.4 is 16.7 Å². The second kappa shape index (κ2) is 23.1. The summed E-state index contributed by atoms with van der Waals surface area (Å²) in [5, 5.41) is 13.3. The summed E-state index contributed by atoms with van der Waals surface area (Å²) in [7, 11) is -2.42. The second-order valence-corrected chi connectivity index (χ2v) is 13.9. The lowest BCUT2D eigenvalue weighted by molar-refractivity contribution is -0.121. The highest BCUT2D eigenvalue weighted by molar-refractivity contribution is 7.53. The normalized spacial score (nSPS) is 22.9. The van der Waals surface area contributed by atoms with Gasteiger partial charge in [-0.05, 0) is 64.4 Å². The van der Waals surface area contributed by atoms with Gasteiger partial charge in [0, 0.05) is 26.3 Å². The van der Waals surface area contributed by atoms with Crippen molar-refractivity contribution in [3.05, 3.63) is 95.7 Å². The highest BCUT2D eigenvalue weighted by Crippen LogP contribution is 2.49. The number of nitrogens with zero attached hydrogens (tertiary/aromatic N) is 2. The monoisotopic (exact) mass is 704 g/mol. The molecular formula is C36H54FN4O7P. The number of nitrogen functional groups attached to an aromatic ring is 1. The molecule has 11 nitrogen and oxygen atoms in total. The minimum atomic E-state index is -3.64. The lowest BCUT2D eigenvalue weighted by Gasteiger charge is -2.24. The van der Waals surface area contributed by atoms with E-state index in [9.17, 15) is 19.3 Å². The molecule has 1 aromatic rings. The first-order valence-electron chi connectivity index (χ1n) is 16.9. The average Bonchev–Trinajstić information content (AvgIpc) is 3.30. The molecule has 0 radical (unpaired) electrons. The molecule has 2 rings (SSSR count). The molecule has 1 fully saturated rings. The fourth-order valence-corrected chi connectivity index (χ4v) is 6.13. The van der Waals surface area contributed by atoms with Crippen LogP contribution in [0.1, 0.15) is 77.9 Å². The van der Waals surface area contributed by atoms with E-state index in [4.69, 9.17) is 19.5 Å². The van der Waals surface area contributed by atoms with Crippen LogP contribution in [0.4, 0.5) is 10.2 Å². The van der Waals surface area contributed by atoms with Crippen LogP contribution in [-0.2, 0) is 23.1 Å². The van der Waals surface area contributed by atoms with E-state index >= 15 is 4.39 Å². The maximum absolute atomic E-state index is 15.4. The van der Waals surface area contributed by atoms with E-state index in [1.54, 1.807) is 0 Å². The number of allylic oxidation sites excluding steroid dienone is 12. The molecular weight excluding hydrogens is 650 g/mol. The van der Waals surface area contributed by atoms with Crippen molar-refractivity contribution in [3.8, 4) is 0 Å². The number of hydrogen-bond acceptors (Lipinski definition) is 9. The first kappa shape index (κ1) is 41.8. The molecule has 1 aliphatic heterocycles. The van der Waals surface area contributed by atoms with Crippen molar-refractivity contribution in [3.63, 3.8) is 0 Å². The Morgan fingerprint density at radius 3 is 2.14 bits per heavy atom. The molecule has 0 spiro atoms. The Kier molecular flexibility index (Phi) is 19.7. The van der Waals surface area contributed by atoms with E-state index in [2.05, 4.69) is 78.0 Å². The van der Waals surface area contributed by atoms with Gasteiger partial charge in [-0.2, -0.15) is 4.98 Å². The first-order chi connectivity index (χ1) is 23.5. The molecule has 2 heterocycles. The van der Waals surface area contributed by atoms with E-state index in [0.29, 0.717) is 19.3 Å². The third kappa shape index (κ3) is 15.8. The number of rotatable bonds is 23. The molecule has 1 unspecified atom stereocenters. The number of carbonyl (C=O) groups excluding carboxylic acids is 1. The Labute approximate surface area is 290 Å². The minimum Gasteiger partial charge on any atom is -0.387 e. The topological polar surface area (TPSA) is 155 Å². The molecule has 0 saturated carbocycles. The second-order valence-electron chi connectivity index (χ2n) is 11.6. The number of anilines is 1. The number of nitrogens with one attached hydrogen (secondary N) is 1. The molecule has 272 valence electrons. The fourth-order valence-electron chi connectivity index (χ4n) is 4.79. The van der Waals surface area contributed by atoms with Gasteiger partial charge in [0.05, 0.1) is 12.8 Å². The van der Waals surface area contributed by atoms with Crippen LogP contribution >= 0.6 is 7.60 Å². The standard InChI is InChI=1S/C36H54FN4O7P/c1-4-5-6-7-8-9-10-11-12-13-14-15-16-17-18-19-20-21-22-24-32(42)39-26-23-28-49(45,46-3)47-29-30-33(43)36(2,37)34(48-30)41-27-25-31(38)40-35(41)44/h5-6,8-9,11-12,14-15,17-18,20-21,25,27,30,33-34,43H,4,7,10,13,16,19,22-24,26,28-29H2,1-3H3,(H,39,42)(H2,38,40,44)/b6-5-,9-8-,12-11-,15-14-,18-17-,21-20-/t30-,33-,34-,36-,49?/m1/s1. The summed E-state index contributed by atoms with van der Waals surface area (Å²) in [5.74, 6) is -0.168.